The smallest absolute Gasteiger partial charge is 0.191 e. The fraction of sp³-hybridized carbons (Fsp3) is 0.438. The molecule has 2 N–H and O–H groups in total. The first kappa shape index (κ1) is 20.7. The van der Waals surface area contributed by atoms with E-state index in [-0.39, 0.29) is 24.0 Å². The molecule has 8 heteroatoms. The van der Waals surface area contributed by atoms with E-state index in [2.05, 4.69) is 38.7 Å². The SMILES string of the molecule is CN=C(NCCCn1nc(C)cc1C)NCc1ccc(Cl)nc1.I. The Labute approximate surface area is 165 Å². The molecule has 0 bridgehead atoms. The van der Waals surface area contributed by atoms with Crippen molar-refractivity contribution in [2.45, 2.75) is 33.4 Å². The Kier molecular flexibility index (Phi) is 9.05. The van der Waals surface area contributed by atoms with Crippen LogP contribution in [0.4, 0.5) is 0 Å². The van der Waals surface area contributed by atoms with Gasteiger partial charge in [0.25, 0.3) is 0 Å². The van der Waals surface area contributed by atoms with Crippen molar-refractivity contribution in [1.82, 2.24) is 25.4 Å². The molecule has 0 amide bonds. The van der Waals surface area contributed by atoms with Gasteiger partial charge >= 0.3 is 0 Å². The van der Waals surface area contributed by atoms with Crippen LogP contribution in [0.15, 0.2) is 29.4 Å². The Morgan fingerprint density at radius 3 is 2.67 bits per heavy atom. The normalized spacial score (nSPS) is 11.1. The van der Waals surface area contributed by atoms with Crippen LogP contribution in [0, 0.1) is 13.8 Å². The summed E-state index contributed by atoms with van der Waals surface area (Å²) >= 11 is 5.77. The van der Waals surface area contributed by atoms with E-state index in [1.54, 1.807) is 19.3 Å². The van der Waals surface area contributed by atoms with Crippen LogP contribution in [0.2, 0.25) is 5.15 Å². The van der Waals surface area contributed by atoms with Crippen molar-refractivity contribution in [3.8, 4) is 0 Å². The summed E-state index contributed by atoms with van der Waals surface area (Å²) in [4.78, 5) is 8.27. The Morgan fingerprint density at radius 2 is 2.08 bits per heavy atom. The number of nitrogens with one attached hydrogen (secondary N) is 2. The third-order valence-electron chi connectivity index (χ3n) is 3.41. The van der Waals surface area contributed by atoms with Crippen molar-refractivity contribution in [2.24, 2.45) is 4.99 Å². The maximum atomic E-state index is 5.77. The summed E-state index contributed by atoms with van der Waals surface area (Å²) in [6.07, 6.45) is 2.73. The first-order chi connectivity index (χ1) is 11.1. The predicted molar refractivity (Wildman–Crippen MR) is 109 cm³/mol. The van der Waals surface area contributed by atoms with Crippen LogP contribution < -0.4 is 10.6 Å². The van der Waals surface area contributed by atoms with Gasteiger partial charge in [0.2, 0.25) is 0 Å². The molecular formula is C16H24ClIN6. The van der Waals surface area contributed by atoms with Crippen LogP contribution in [0.3, 0.4) is 0 Å². The molecule has 0 saturated heterocycles. The van der Waals surface area contributed by atoms with Crippen molar-refractivity contribution < 1.29 is 0 Å². The summed E-state index contributed by atoms with van der Waals surface area (Å²) in [5.41, 5.74) is 3.31. The third kappa shape index (κ3) is 6.64. The van der Waals surface area contributed by atoms with E-state index in [1.165, 1.54) is 5.69 Å². The summed E-state index contributed by atoms with van der Waals surface area (Å²) in [5, 5.41) is 11.5. The molecule has 6 nitrogen and oxygen atoms in total. The zero-order chi connectivity index (χ0) is 16.7. The maximum absolute atomic E-state index is 5.77. The number of hydrogen-bond acceptors (Lipinski definition) is 3. The fourth-order valence-electron chi connectivity index (χ4n) is 2.25. The summed E-state index contributed by atoms with van der Waals surface area (Å²) in [7, 11) is 1.76. The minimum absolute atomic E-state index is 0. The van der Waals surface area contributed by atoms with Gasteiger partial charge in [-0.25, -0.2) is 4.98 Å². The minimum Gasteiger partial charge on any atom is -0.356 e. The van der Waals surface area contributed by atoms with Crippen molar-refractivity contribution >= 4 is 41.5 Å². The minimum atomic E-state index is 0. The van der Waals surface area contributed by atoms with Crippen molar-refractivity contribution in [3.63, 3.8) is 0 Å². The van der Waals surface area contributed by atoms with Crippen LogP contribution >= 0.6 is 35.6 Å². The first-order valence-electron chi connectivity index (χ1n) is 7.64. The van der Waals surface area contributed by atoms with Crippen LogP contribution in [0.5, 0.6) is 0 Å². The number of nitrogens with zero attached hydrogens (tertiary/aromatic N) is 4. The molecule has 0 saturated carbocycles. The highest BCUT2D eigenvalue weighted by molar-refractivity contribution is 14.0. The third-order valence-corrected chi connectivity index (χ3v) is 3.64. The van der Waals surface area contributed by atoms with Gasteiger partial charge in [0.15, 0.2) is 5.96 Å². The van der Waals surface area contributed by atoms with Crippen LogP contribution in [-0.4, -0.2) is 34.3 Å². The molecule has 0 radical (unpaired) electrons. The second-order valence-corrected chi connectivity index (χ2v) is 5.73. The van der Waals surface area contributed by atoms with Crippen molar-refractivity contribution in [2.75, 3.05) is 13.6 Å². The summed E-state index contributed by atoms with van der Waals surface area (Å²) < 4.78 is 2.03. The topological polar surface area (TPSA) is 67.1 Å². The highest BCUT2D eigenvalue weighted by atomic mass is 127. The van der Waals surface area contributed by atoms with Crippen LogP contribution in [-0.2, 0) is 13.1 Å². The Morgan fingerprint density at radius 1 is 1.29 bits per heavy atom. The molecule has 0 spiro atoms. The van der Waals surface area contributed by atoms with Gasteiger partial charge in [-0.2, -0.15) is 5.10 Å². The number of pyridine rings is 1. The summed E-state index contributed by atoms with van der Waals surface area (Å²) in [6, 6.07) is 5.82. The average molecular weight is 463 g/mol. The van der Waals surface area contributed by atoms with E-state index in [1.807, 2.05) is 17.7 Å². The van der Waals surface area contributed by atoms with Gasteiger partial charge in [-0.05, 0) is 38.0 Å². The van der Waals surface area contributed by atoms with Gasteiger partial charge in [0.05, 0.1) is 5.69 Å². The molecule has 2 rings (SSSR count). The summed E-state index contributed by atoms with van der Waals surface area (Å²) in [6.45, 7) is 6.47. The van der Waals surface area contributed by atoms with Crippen molar-refractivity contribution in [3.05, 3.63) is 46.5 Å². The zero-order valence-electron chi connectivity index (χ0n) is 14.2. The van der Waals surface area contributed by atoms with Crippen LogP contribution in [0.1, 0.15) is 23.4 Å². The molecule has 24 heavy (non-hydrogen) atoms. The zero-order valence-corrected chi connectivity index (χ0v) is 17.3. The second-order valence-electron chi connectivity index (χ2n) is 5.35. The lowest BCUT2D eigenvalue weighted by Crippen LogP contribution is -2.37. The fourth-order valence-corrected chi connectivity index (χ4v) is 2.37. The van der Waals surface area contributed by atoms with Gasteiger partial charge in [-0.15, -0.1) is 24.0 Å². The maximum Gasteiger partial charge on any atom is 0.191 e. The molecule has 0 aliphatic heterocycles. The lowest BCUT2D eigenvalue weighted by atomic mass is 10.3. The number of halogens is 2. The number of guanidine groups is 1. The van der Waals surface area contributed by atoms with Gasteiger partial charge in [0.1, 0.15) is 5.15 Å². The van der Waals surface area contributed by atoms with Crippen molar-refractivity contribution in [1.29, 1.82) is 0 Å². The quantitative estimate of drug-likeness (QED) is 0.228. The predicted octanol–water partition coefficient (Wildman–Crippen LogP) is 2.92. The molecule has 2 aromatic heterocycles. The number of hydrogen-bond donors (Lipinski definition) is 2. The van der Waals surface area contributed by atoms with Crippen LogP contribution in [0.25, 0.3) is 0 Å². The Hall–Kier alpha value is -1.35. The largest absolute Gasteiger partial charge is 0.356 e. The highest BCUT2D eigenvalue weighted by Crippen LogP contribution is 2.05. The van der Waals surface area contributed by atoms with E-state index in [4.69, 9.17) is 11.6 Å². The molecule has 0 atom stereocenters. The molecular weight excluding hydrogens is 439 g/mol. The van der Waals surface area contributed by atoms with Gasteiger partial charge in [-0.1, -0.05) is 17.7 Å². The van der Waals surface area contributed by atoms with Gasteiger partial charge < -0.3 is 10.6 Å². The molecule has 2 heterocycles. The number of aryl methyl sites for hydroxylation is 3. The van der Waals surface area contributed by atoms with E-state index >= 15 is 0 Å². The standard InChI is InChI=1S/C16H23ClN6.HI/c1-12-9-13(2)23(22-12)8-4-7-19-16(18-3)21-11-14-5-6-15(17)20-10-14;/h5-6,9-10H,4,7-8,11H2,1-3H3,(H2,18,19,21);1H. The molecule has 0 aromatic carbocycles. The highest BCUT2D eigenvalue weighted by Gasteiger charge is 2.02. The molecule has 132 valence electrons. The molecule has 0 aliphatic carbocycles. The molecule has 0 fully saturated rings. The van der Waals surface area contributed by atoms with E-state index in [9.17, 15) is 0 Å². The molecule has 0 aliphatic rings. The summed E-state index contributed by atoms with van der Waals surface area (Å²) in [5.74, 6) is 0.772. The number of aliphatic imine (C=N–C) groups is 1. The average Bonchev–Trinajstić information content (AvgIpc) is 2.86. The van der Waals surface area contributed by atoms with Gasteiger partial charge in [0, 0.05) is 38.6 Å². The number of rotatable bonds is 6. The monoisotopic (exact) mass is 462 g/mol. The first-order valence-corrected chi connectivity index (χ1v) is 8.02. The molecule has 2 aromatic rings. The Bertz CT molecular complexity index is 653. The van der Waals surface area contributed by atoms with E-state index < -0.39 is 0 Å². The Balaban J connectivity index is 0.00000288. The van der Waals surface area contributed by atoms with Gasteiger partial charge in [-0.3, -0.25) is 9.67 Å². The lowest BCUT2D eigenvalue weighted by Gasteiger charge is -2.12. The number of aromatic nitrogens is 3. The van der Waals surface area contributed by atoms with E-state index in [0.717, 1.165) is 36.7 Å². The molecule has 0 unspecified atom stereocenters. The second kappa shape index (κ2) is 10.5. The van der Waals surface area contributed by atoms with E-state index in [0.29, 0.717) is 11.7 Å². The lowest BCUT2D eigenvalue weighted by molar-refractivity contribution is 0.555.